The van der Waals surface area contributed by atoms with E-state index < -0.39 is 36.7 Å². The van der Waals surface area contributed by atoms with E-state index in [0.717, 1.165) is 6.92 Å². The van der Waals surface area contributed by atoms with Crippen molar-refractivity contribution >= 4 is 5.97 Å². The van der Waals surface area contributed by atoms with Gasteiger partial charge in [-0.3, -0.25) is 0 Å². The summed E-state index contributed by atoms with van der Waals surface area (Å²) in [5, 5.41) is 8.47. The van der Waals surface area contributed by atoms with Crippen LogP contribution >= 0.6 is 0 Å². The molecule has 18 heavy (non-hydrogen) atoms. The molecule has 8 heteroatoms. The number of alkyl halides is 5. The minimum atomic E-state index is -5.44. The van der Waals surface area contributed by atoms with Crippen molar-refractivity contribution in [1.29, 1.82) is 0 Å². The van der Waals surface area contributed by atoms with Gasteiger partial charge in [0.05, 0.1) is 6.42 Å². The van der Waals surface area contributed by atoms with Gasteiger partial charge in [0.25, 0.3) is 5.92 Å². The average Bonchev–Trinajstić information content (AvgIpc) is 2.13. The number of esters is 1. The molecule has 0 spiro atoms. The molecule has 106 valence electrons. The molecule has 0 aromatic rings. The highest BCUT2D eigenvalue weighted by Gasteiger charge is 2.55. The Kier molecular flexibility index (Phi) is 5.27. The van der Waals surface area contributed by atoms with Gasteiger partial charge in [0.1, 0.15) is 6.10 Å². The van der Waals surface area contributed by atoms with Crippen LogP contribution in [0.1, 0.15) is 20.3 Å². The number of carbonyl (C=O) groups is 1. The number of rotatable bonds is 5. The number of aliphatic hydroxyl groups excluding tert-OH is 1. The van der Waals surface area contributed by atoms with Crippen molar-refractivity contribution in [2.24, 2.45) is 0 Å². The summed E-state index contributed by atoms with van der Waals surface area (Å²) in [6.45, 7) is 5.45. The van der Waals surface area contributed by atoms with E-state index in [-0.39, 0.29) is 5.57 Å². The minimum Gasteiger partial charge on any atom is -0.459 e. The van der Waals surface area contributed by atoms with Crippen LogP contribution in [0.2, 0.25) is 0 Å². The lowest BCUT2D eigenvalue weighted by Crippen LogP contribution is -2.46. The topological polar surface area (TPSA) is 46.5 Å². The Balaban J connectivity index is 4.58. The van der Waals surface area contributed by atoms with Gasteiger partial charge >= 0.3 is 12.1 Å². The molecule has 3 nitrogen and oxygen atoms in total. The predicted octanol–water partition coefficient (Wildman–Crippen LogP) is 2.44. The number of halogens is 5. The van der Waals surface area contributed by atoms with E-state index in [2.05, 4.69) is 11.3 Å². The third kappa shape index (κ3) is 4.99. The van der Waals surface area contributed by atoms with E-state index in [1.807, 2.05) is 0 Å². The van der Waals surface area contributed by atoms with Crippen LogP contribution in [0.5, 0.6) is 0 Å². The van der Waals surface area contributed by atoms with E-state index >= 15 is 0 Å². The molecule has 0 saturated carbocycles. The van der Waals surface area contributed by atoms with Gasteiger partial charge in [-0.2, -0.15) is 13.2 Å². The molecule has 0 amide bonds. The molecule has 0 fully saturated rings. The van der Waals surface area contributed by atoms with Crippen LogP contribution in [0.25, 0.3) is 0 Å². The van der Waals surface area contributed by atoms with Crippen LogP contribution in [0, 0.1) is 0 Å². The van der Waals surface area contributed by atoms with Crippen molar-refractivity contribution in [1.82, 2.24) is 0 Å². The molecule has 0 aliphatic rings. The maximum absolute atomic E-state index is 13.0. The Morgan fingerprint density at radius 2 is 1.78 bits per heavy atom. The van der Waals surface area contributed by atoms with Gasteiger partial charge < -0.3 is 9.84 Å². The Hall–Kier alpha value is -1.18. The average molecular weight is 276 g/mol. The molecule has 0 aliphatic heterocycles. The van der Waals surface area contributed by atoms with Crippen molar-refractivity contribution in [3.8, 4) is 0 Å². The van der Waals surface area contributed by atoms with Crippen LogP contribution in [-0.4, -0.2) is 35.4 Å². The summed E-state index contributed by atoms with van der Waals surface area (Å²) in [7, 11) is 0. The molecule has 0 bridgehead atoms. The molecule has 0 rings (SSSR count). The zero-order valence-electron chi connectivity index (χ0n) is 9.72. The minimum absolute atomic E-state index is 0.0680. The van der Waals surface area contributed by atoms with Crippen molar-refractivity contribution in [2.45, 2.75) is 44.6 Å². The summed E-state index contributed by atoms with van der Waals surface area (Å²) in [6, 6.07) is 0. The molecular weight excluding hydrogens is 263 g/mol. The molecule has 2 atom stereocenters. The van der Waals surface area contributed by atoms with E-state index in [1.54, 1.807) is 0 Å². The molecular formula is C10H13F5O3. The van der Waals surface area contributed by atoms with Crippen molar-refractivity contribution in [3.05, 3.63) is 12.2 Å². The van der Waals surface area contributed by atoms with Crippen molar-refractivity contribution in [3.63, 3.8) is 0 Å². The highest BCUT2D eigenvalue weighted by molar-refractivity contribution is 5.87. The summed E-state index contributed by atoms with van der Waals surface area (Å²) in [5.74, 6) is -5.42. The van der Waals surface area contributed by atoms with Gasteiger partial charge in [0.2, 0.25) is 6.10 Å². The van der Waals surface area contributed by atoms with E-state index in [9.17, 15) is 26.7 Å². The summed E-state index contributed by atoms with van der Waals surface area (Å²) >= 11 is 0. The van der Waals surface area contributed by atoms with Crippen molar-refractivity contribution < 1.29 is 36.6 Å². The van der Waals surface area contributed by atoms with Crippen LogP contribution in [-0.2, 0) is 9.53 Å². The van der Waals surface area contributed by atoms with Crippen LogP contribution in [0.4, 0.5) is 22.0 Å². The molecule has 0 saturated heterocycles. The van der Waals surface area contributed by atoms with E-state index in [4.69, 9.17) is 5.11 Å². The smallest absolute Gasteiger partial charge is 0.420 e. The number of carbonyl (C=O) groups excluding carboxylic acids is 1. The summed E-state index contributed by atoms with van der Waals surface area (Å²) in [5.41, 5.74) is -0.0680. The van der Waals surface area contributed by atoms with Gasteiger partial charge in [0.15, 0.2) is 0 Å². The second kappa shape index (κ2) is 5.64. The maximum atomic E-state index is 13.0. The number of hydrogen-bond acceptors (Lipinski definition) is 3. The molecule has 2 unspecified atom stereocenters. The van der Waals surface area contributed by atoms with E-state index in [0.29, 0.717) is 0 Å². The largest absolute Gasteiger partial charge is 0.459 e. The normalized spacial score (nSPS) is 16.0. The van der Waals surface area contributed by atoms with Crippen molar-refractivity contribution in [2.75, 3.05) is 0 Å². The highest BCUT2D eigenvalue weighted by atomic mass is 19.4. The van der Waals surface area contributed by atoms with Gasteiger partial charge in [0, 0.05) is 5.57 Å². The summed E-state index contributed by atoms with van der Waals surface area (Å²) < 4.78 is 66.3. The third-order valence-corrected chi connectivity index (χ3v) is 1.93. The molecule has 0 radical (unpaired) electrons. The first-order valence-corrected chi connectivity index (χ1v) is 4.87. The second-order valence-electron chi connectivity index (χ2n) is 3.91. The molecule has 1 N–H and O–H groups in total. The lowest BCUT2D eigenvalue weighted by Gasteiger charge is -2.26. The Morgan fingerprint density at radius 1 is 1.33 bits per heavy atom. The second-order valence-corrected chi connectivity index (χ2v) is 3.91. The van der Waals surface area contributed by atoms with Crippen LogP contribution < -0.4 is 0 Å². The lowest BCUT2D eigenvalue weighted by atomic mass is 10.1. The lowest BCUT2D eigenvalue weighted by molar-refractivity contribution is -0.274. The Bertz CT molecular complexity index is 324. The van der Waals surface area contributed by atoms with Crippen LogP contribution in [0.15, 0.2) is 12.2 Å². The number of aliphatic hydroxyl groups is 1. The zero-order chi connectivity index (χ0) is 14.7. The van der Waals surface area contributed by atoms with Gasteiger partial charge in [-0.05, 0) is 13.8 Å². The summed E-state index contributed by atoms with van der Waals surface area (Å²) in [6.07, 6.45) is -12.2. The molecule has 0 heterocycles. The first-order valence-electron chi connectivity index (χ1n) is 4.87. The number of hydrogen-bond donors (Lipinski definition) is 1. The van der Waals surface area contributed by atoms with Gasteiger partial charge in [-0.15, -0.1) is 0 Å². The first kappa shape index (κ1) is 16.8. The Morgan fingerprint density at radius 3 is 2.11 bits per heavy atom. The SMILES string of the molecule is C=C(C)C(=O)OC(C)CC(F)(F)C(O)C(F)(F)F. The summed E-state index contributed by atoms with van der Waals surface area (Å²) in [4.78, 5) is 11.0. The molecule has 0 aliphatic carbocycles. The van der Waals surface area contributed by atoms with Gasteiger partial charge in [-0.1, -0.05) is 6.58 Å². The fraction of sp³-hybridized carbons (Fsp3) is 0.700. The predicted molar refractivity (Wildman–Crippen MR) is 52.0 cm³/mol. The monoisotopic (exact) mass is 276 g/mol. The molecule has 0 aromatic heterocycles. The molecule has 0 aromatic carbocycles. The first-order chi connectivity index (χ1) is 7.88. The zero-order valence-corrected chi connectivity index (χ0v) is 9.72. The third-order valence-electron chi connectivity index (χ3n) is 1.93. The number of ether oxygens (including phenoxy) is 1. The quantitative estimate of drug-likeness (QED) is 0.476. The highest BCUT2D eigenvalue weighted by Crippen LogP contribution is 2.35. The maximum Gasteiger partial charge on any atom is 0.420 e. The standard InChI is InChI=1S/C10H13F5O3/c1-5(2)7(16)18-6(3)4-9(11,12)8(17)10(13,14)15/h6,8,17H,1,4H2,2-3H3. The Labute approximate surface area is 100 Å². The van der Waals surface area contributed by atoms with Crippen LogP contribution in [0.3, 0.4) is 0 Å². The fourth-order valence-corrected chi connectivity index (χ4v) is 1.06. The van der Waals surface area contributed by atoms with Gasteiger partial charge in [-0.25, -0.2) is 13.6 Å². The fourth-order valence-electron chi connectivity index (χ4n) is 1.06. The van der Waals surface area contributed by atoms with E-state index in [1.165, 1.54) is 6.92 Å².